The van der Waals surface area contributed by atoms with E-state index in [9.17, 15) is 4.79 Å². The van der Waals surface area contributed by atoms with E-state index in [0.29, 0.717) is 13.3 Å². The van der Waals surface area contributed by atoms with E-state index in [-0.39, 0.29) is 18.1 Å². The van der Waals surface area contributed by atoms with Crippen LogP contribution in [-0.2, 0) is 14.3 Å². The molecule has 1 aliphatic heterocycles. The van der Waals surface area contributed by atoms with Gasteiger partial charge in [0.05, 0.1) is 18.8 Å². The largest absolute Gasteiger partial charge is 0.355 e. The molecule has 0 spiro atoms. The summed E-state index contributed by atoms with van der Waals surface area (Å²) >= 11 is 0. The van der Waals surface area contributed by atoms with Gasteiger partial charge in [-0.15, -0.1) is 0 Å². The Labute approximate surface area is 103 Å². The van der Waals surface area contributed by atoms with Crippen LogP contribution in [0, 0.1) is 0 Å². The van der Waals surface area contributed by atoms with Crippen molar-refractivity contribution in [3.05, 3.63) is 0 Å². The summed E-state index contributed by atoms with van der Waals surface area (Å²) in [6, 6.07) is -0.152. The van der Waals surface area contributed by atoms with Crippen LogP contribution >= 0.6 is 0 Å². The van der Waals surface area contributed by atoms with Gasteiger partial charge in [-0.1, -0.05) is 0 Å². The summed E-state index contributed by atoms with van der Waals surface area (Å²) in [5.74, 6) is 0.155. The number of nitrogens with one attached hydrogen (secondary N) is 1. The molecule has 0 saturated carbocycles. The minimum absolute atomic E-state index is 0.152. The monoisotopic (exact) mass is 244 g/mol. The molecule has 5 nitrogen and oxygen atoms in total. The van der Waals surface area contributed by atoms with E-state index < -0.39 is 0 Å². The first-order valence-electron chi connectivity index (χ1n) is 6.40. The minimum Gasteiger partial charge on any atom is -0.355 e. The highest BCUT2D eigenvalue weighted by atomic mass is 16.7. The zero-order valence-corrected chi connectivity index (χ0v) is 11.1. The Balaban J connectivity index is 2.27. The molecule has 17 heavy (non-hydrogen) atoms. The summed E-state index contributed by atoms with van der Waals surface area (Å²) < 4.78 is 10.5. The second-order valence-corrected chi connectivity index (χ2v) is 4.24. The maximum Gasteiger partial charge on any atom is 0.239 e. The Kier molecular flexibility index (Phi) is 6.47. The van der Waals surface area contributed by atoms with Crippen LogP contribution in [-0.4, -0.2) is 56.0 Å². The van der Waals surface area contributed by atoms with Crippen LogP contribution in [0.25, 0.3) is 0 Å². The quantitative estimate of drug-likeness (QED) is 0.743. The summed E-state index contributed by atoms with van der Waals surface area (Å²) in [6.07, 6.45) is 1.05. The molecule has 1 aliphatic rings. The SMILES string of the molecule is CCN(CC)C(=O)C(C)NCC1CCOCO1. The number of likely N-dealkylation sites (N-methyl/N-ethyl adjacent to an activating group) is 1. The second-order valence-electron chi connectivity index (χ2n) is 4.24. The third-order valence-electron chi connectivity index (χ3n) is 3.07. The third-order valence-corrected chi connectivity index (χ3v) is 3.07. The van der Waals surface area contributed by atoms with E-state index in [1.165, 1.54) is 0 Å². The molecular formula is C12H24N2O3. The molecule has 0 aromatic rings. The van der Waals surface area contributed by atoms with Gasteiger partial charge in [-0.2, -0.15) is 0 Å². The summed E-state index contributed by atoms with van der Waals surface area (Å²) in [5, 5.41) is 3.23. The van der Waals surface area contributed by atoms with Gasteiger partial charge in [0.2, 0.25) is 5.91 Å². The first-order chi connectivity index (χ1) is 8.19. The van der Waals surface area contributed by atoms with Crippen molar-refractivity contribution >= 4 is 5.91 Å². The molecule has 5 heteroatoms. The molecule has 0 aliphatic carbocycles. The van der Waals surface area contributed by atoms with Crippen molar-refractivity contribution in [1.29, 1.82) is 0 Å². The van der Waals surface area contributed by atoms with Gasteiger partial charge in [0.1, 0.15) is 6.79 Å². The van der Waals surface area contributed by atoms with Crippen molar-refractivity contribution < 1.29 is 14.3 Å². The molecule has 0 bridgehead atoms. The van der Waals surface area contributed by atoms with Gasteiger partial charge in [0.25, 0.3) is 0 Å². The van der Waals surface area contributed by atoms with E-state index in [1.807, 2.05) is 25.7 Å². The van der Waals surface area contributed by atoms with Crippen molar-refractivity contribution in [2.24, 2.45) is 0 Å². The molecule has 0 radical (unpaired) electrons. The molecule has 1 fully saturated rings. The Morgan fingerprint density at radius 1 is 1.47 bits per heavy atom. The predicted octanol–water partition coefficient (Wildman–Crippen LogP) is 0.596. The molecule has 1 rings (SSSR count). The van der Waals surface area contributed by atoms with Gasteiger partial charge in [-0.25, -0.2) is 0 Å². The molecule has 1 heterocycles. The van der Waals surface area contributed by atoms with Gasteiger partial charge in [0.15, 0.2) is 0 Å². The number of amides is 1. The normalized spacial score (nSPS) is 22.2. The van der Waals surface area contributed by atoms with Crippen LogP contribution in [0.4, 0.5) is 0 Å². The van der Waals surface area contributed by atoms with Crippen molar-refractivity contribution in [3.8, 4) is 0 Å². The highest BCUT2D eigenvalue weighted by Gasteiger charge is 2.20. The van der Waals surface area contributed by atoms with Gasteiger partial charge in [-0.05, 0) is 27.2 Å². The Morgan fingerprint density at radius 2 is 2.18 bits per heavy atom. The number of nitrogens with zero attached hydrogens (tertiary/aromatic N) is 1. The molecule has 100 valence electrons. The maximum atomic E-state index is 12.0. The van der Waals surface area contributed by atoms with E-state index in [0.717, 1.165) is 26.1 Å². The van der Waals surface area contributed by atoms with Crippen molar-refractivity contribution in [3.63, 3.8) is 0 Å². The maximum absolute atomic E-state index is 12.0. The Bertz CT molecular complexity index is 226. The molecule has 2 atom stereocenters. The fraction of sp³-hybridized carbons (Fsp3) is 0.917. The first-order valence-corrected chi connectivity index (χ1v) is 6.40. The zero-order valence-electron chi connectivity index (χ0n) is 11.1. The van der Waals surface area contributed by atoms with Crippen LogP contribution in [0.15, 0.2) is 0 Å². The summed E-state index contributed by atoms with van der Waals surface area (Å²) in [4.78, 5) is 13.8. The number of carbonyl (C=O) groups excluding carboxylic acids is 1. The lowest BCUT2D eigenvalue weighted by Gasteiger charge is -2.27. The molecular weight excluding hydrogens is 220 g/mol. The Hall–Kier alpha value is -0.650. The minimum atomic E-state index is -0.152. The summed E-state index contributed by atoms with van der Waals surface area (Å²) in [7, 11) is 0. The van der Waals surface area contributed by atoms with Crippen LogP contribution in [0.1, 0.15) is 27.2 Å². The molecule has 2 unspecified atom stereocenters. The lowest BCUT2D eigenvalue weighted by molar-refractivity contribution is -0.140. The number of hydrogen-bond donors (Lipinski definition) is 1. The third kappa shape index (κ3) is 4.61. The van der Waals surface area contributed by atoms with Gasteiger partial charge in [0, 0.05) is 19.6 Å². The number of rotatable bonds is 6. The molecule has 1 N–H and O–H groups in total. The standard InChI is InChI=1S/C12H24N2O3/c1-4-14(5-2)12(15)10(3)13-8-11-6-7-16-9-17-11/h10-11,13H,4-9H2,1-3H3. The van der Waals surface area contributed by atoms with E-state index in [4.69, 9.17) is 9.47 Å². The first kappa shape index (κ1) is 14.4. The van der Waals surface area contributed by atoms with Crippen LogP contribution in [0.3, 0.4) is 0 Å². The lowest BCUT2D eigenvalue weighted by atomic mass is 10.2. The van der Waals surface area contributed by atoms with Crippen LogP contribution < -0.4 is 5.32 Å². The molecule has 1 saturated heterocycles. The average Bonchev–Trinajstić information content (AvgIpc) is 2.38. The fourth-order valence-electron chi connectivity index (χ4n) is 1.87. The Morgan fingerprint density at radius 3 is 2.71 bits per heavy atom. The number of hydrogen-bond acceptors (Lipinski definition) is 4. The number of ether oxygens (including phenoxy) is 2. The fourth-order valence-corrected chi connectivity index (χ4v) is 1.87. The van der Waals surface area contributed by atoms with E-state index in [1.54, 1.807) is 0 Å². The molecule has 0 aromatic heterocycles. The second kappa shape index (κ2) is 7.63. The van der Waals surface area contributed by atoms with E-state index >= 15 is 0 Å². The van der Waals surface area contributed by atoms with Crippen LogP contribution in [0.2, 0.25) is 0 Å². The highest BCUT2D eigenvalue weighted by Crippen LogP contribution is 2.05. The number of carbonyl (C=O) groups is 1. The summed E-state index contributed by atoms with van der Waals surface area (Å²) in [5.41, 5.74) is 0. The average molecular weight is 244 g/mol. The highest BCUT2D eigenvalue weighted by molar-refractivity contribution is 5.81. The summed E-state index contributed by atoms with van der Waals surface area (Å²) in [6.45, 7) is 9.22. The van der Waals surface area contributed by atoms with Crippen molar-refractivity contribution in [2.75, 3.05) is 33.0 Å². The molecule has 1 amide bonds. The van der Waals surface area contributed by atoms with E-state index in [2.05, 4.69) is 5.32 Å². The van der Waals surface area contributed by atoms with Gasteiger partial charge < -0.3 is 19.7 Å². The van der Waals surface area contributed by atoms with Crippen molar-refractivity contribution in [1.82, 2.24) is 10.2 Å². The van der Waals surface area contributed by atoms with Crippen molar-refractivity contribution in [2.45, 2.75) is 39.3 Å². The topological polar surface area (TPSA) is 50.8 Å². The van der Waals surface area contributed by atoms with Crippen LogP contribution in [0.5, 0.6) is 0 Å². The predicted molar refractivity (Wildman–Crippen MR) is 65.7 cm³/mol. The molecule has 0 aromatic carbocycles. The van der Waals surface area contributed by atoms with Gasteiger partial charge in [-0.3, -0.25) is 4.79 Å². The lowest BCUT2D eigenvalue weighted by Crippen LogP contribution is -2.47. The zero-order chi connectivity index (χ0) is 12.7. The smallest absolute Gasteiger partial charge is 0.239 e. The van der Waals surface area contributed by atoms with Gasteiger partial charge >= 0.3 is 0 Å².